The van der Waals surface area contributed by atoms with Gasteiger partial charge >= 0.3 is 0 Å². The van der Waals surface area contributed by atoms with Gasteiger partial charge in [-0.05, 0) is 37.6 Å². The van der Waals surface area contributed by atoms with Crippen LogP contribution in [-0.4, -0.2) is 16.2 Å². The summed E-state index contributed by atoms with van der Waals surface area (Å²) >= 11 is 1.79. The Morgan fingerprint density at radius 3 is 2.86 bits per heavy atom. The van der Waals surface area contributed by atoms with Crippen molar-refractivity contribution in [2.45, 2.75) is 26.8 Å². The lowest BCUT2D eigenvalue weighted by Gasteiger charge is -2.06. The Hall–Kier alpha value is -2.01. The maximum absolute atomic E-state index is 6.11. The fourth-order valence-electron chi connectivity index (χ4n) is 2.36. The van der Waals surface area contributed by atoms with Crippen molar-refractivity contribution in [1.29, 1.82) is 0 Å². The van der Waals surface area contributed by atoms with Crippen LogP contribution >= 0.6 is 11.3 Å². The molecule has 3 aromatic rings. The lowest BCUT2D eigenvalue weighted by molar-refractivity contribution is 0.320. The lowest BCUT2D eigenvalue weighted by atomic mass is 10.3. The molecule has 0 saturated heterocycles. The van der Waals surface area contributed by atoms with Gasteiger partial charge in [-0.2, -0.15) is 0 Å². The number of fused-ring (bicyclic) bond motifs is 1. The molecule has 0 spiro atoms. The van der Waals surface area contributed by atoms with E-state index in [0.29, 0.717) is 12.6 Å². The molecule has 0 saturated carbocycles. The number of thiophene rings is 1. The highest BCUT2D eigenvalue weighted by Crippen LogP contribution is 2.28. The molecule has 3 rings (SSSR count). The highest BCUT2D eigenvalue weighted by Gasteiger charge is 2.13. The average molecular weight is 301 g/mol. The Morgan fingerprint density at radius 2 is 2.14 bits per heavy atom. The van der Waals surface area contributed by atoms with E-state index >= 15 is 0 Å². The zero-order valence-corrected chi connectivity index (χ0v) is 13.1. The van der Waals surface area contributed by atoms with Crippen LogP contribution in [0.15, 0.2) is 30.3 Å². The highest BCUT2D eigenvalue weighted by atomic mass is 32.1. The zero-order chi connectivity index (χ0) is 14.8. The van der Waals surface area contributed by atoms with Crippen LogP contribution in [0.2, 0.25) is 0 Å². The molecule has 2 N–H and O–H groups in total. The van der Waals surface area contributed by atoms with Crippen LogP contribution in [0, 0.1) is 6.92 Å². The maximum Gasteiger partial charge on any atom is 0.201 e. The van der Waals surface area contributed by atoms with Gasteiger partial charge in [0.05, 0.1) is 18.7 Å². The van der Waals surface area contributed by atoms with E-state index in [-0.39, 0.29) is 0 Å². The molecule has 2 heterocycles. The number of para-hydroxylation sites is 1. The third kappa shape index (κ3) is 2.74. The van der Waals surface area contributed by atoms with Crippen LogP contribution in [0.1, 0.15) is 23.1 Å². The first-order chi connectivity index (χ1) is 10.2. The summed E-state index contributed by atoms with van der Waals surface area (Å²) in [7, 11) is 0. The second-order valence-electron chi connectivity index (χ2n) is 5.04. The van der Waals surface area contributed by atoms with Crippen LogP contribution in [0.5, 0.6) is 5.75 Å². The van der Waals surface area contributed by atoms with E-state index in [1.54, 1.807) is 11.3 Å². The second kappa shape index (κ2) is 5.77. The number of ether oxygens (including phenoxy) is 1. The van der Waals surface area contributed by atoms with Crippen LogP contribution < -0.4 is 10.5 Å². The van der Waals surface area contributed by atoms with Crippen molar-refractivity contribution in [1.82, 2.24) is 9.55 Å². The molecular weight excluding hydrogens is 282 g/mol. The Morgan fingerprint density at radius 1 is 1.29 bits per heavy atom. The highest BCUT2D eigenvalue weighted by molar-refractivity contribution is 7.11. The zero-order valence-electron chi connectivity index (χ0n) is 12.3. The molecule has 4 nitrogen and oxygen atoms in total. The van der Waals surface area contributed by atoms with Crippen molar-refractivity contribution in [2.24, 2.45) is 0 Å². The van der Waals surface area contributed by atoms with Crippen molar-refractivity contribution in [2.75, 3.05) is 12.3 Å². The number of nitrogen functional groups attached to an aromatic ring is 1. The molecule has 21 heavy (non-hydrogen) atoms. The smallest absolute Gasteiger partial charge is 0.201 e. The molecule has 0 unspecified atom stereocenters. The standard InChI is InChI=1S/C16H19N3OS/c1-3-9-20-14-6-4-5-13-15(14)18-16(17)19(13)10-12-8-7-11(2)21-12/h4-8H,3,9-10H2,1-2H3,(H2,17,18). The predicted molar refractivity (Wildman–Crippen MR) is 88.1 cm³/mol. The van der Waals surface area contributed by atoms with Crippen molar-refractivity contribution >= 4 is 28.3 Å². The number of aryl methyl sites for hydroxylation is 1. The number of imidazole rings is 1. The van der Waals surface area contributed by atoms with Crippen molar-refractivity contribution in [3.8, 4) is 5.75 Å². The summed E-state index contributed by atoms with van der Waals surface area (Å²) in [5.74, 6) is 1.34. The minimum absolute atomic E-state index is 0.531. The van der Waals surface area contributed by atoms with E-state index in [9.17, 15) is 0 Å². The lowest BCUT2D eigenvalue weighted by Crippen LogP contribution is -2.03. The van der Waals surface area contributed by atoms with Gasteiger partial charge in [0, 0.05) is 9.75 Å². The Balaban J connectivity index is 2.00. The molecule has 0 aliphatic carbocycles. The molecule has 0 aliphatic rings. The van der Waals surface area contributed by atoms with Crippen molar-refractivity contribution < 1.29 is 4.74 Å². The van der Waals surface area contributed by atoms with Gasteiger partial charge in [-0.1, -0.05) is 13.0 Å². The third-order valence-corrected chi connectivity index (χ3v) is 4.33. The van der Waals surface area contributed by atoms with Gasteiger partial charge in [-0.25, -0.2) is 4.98 Å². The van der Waals surface area contributed by atoms with E-state index in [1.165, 1.54) is 9.75 Å². The Labute approximate surface area is 128 Å². The van der Waals surface area contributed by atoms with Crippen molar-refractivity contribution in [3.05, 3.63) is 40.1 Å². The molecule has 0 radical (unpaired) electrons. The number of aromatic nitrogens is 2. The SMILES string of the molecule is CCCOc1cccc2c1nc(N)n2Cc1ccc(C)s1. The number of rotatable bonds is 5. The number of nitrogens with zero attached hydrogens (tertiary/aromatic N) is 2. The van der Waals surface area contributed by atoms with Crippen LogP contribution in [0.4, 0.5) is 5.95 Å². The van der Waals surface area contributed by atoms with Gasteiger partial charge < -0.3 is 15.0 Å². The molecule has 1 aromatic carbocycles. The first-order valence-corrected chi connectivity index (χ1v) is 7.93. The molecule has 110 valence electrons. The summed E-state index contributed by atoms with van der Waals surface area (Å²) in [5, 5.41) is 0. The molecular formula is C16H19N3OS. The van der Waals surface area contributed by atoms with E-state index in [2.05, 4.69) is 31.0 Å². The molecule has 0 atom stereocenters. The fraction of sp³-hybridized carbons (Fsp3) is 0.312. The summed E-state index contributed by atoms with van der Waals surface area (Å²) in [4.78, 5) is 7.07. The fourth-order valence-corrected chi connectivity index (χ4v) is 3.24. The predicted octanol–water partition coefficient (Wildman–Crippen LogP) is 3.83. The Kier molecular flexibility index (Phi) is 3.84. The molecule has 0 bridgehead atoms. The topological polar surface area (TPSA) is 53.1 Å². The molecule has 2 aromatic heterocycles. The summed E-state index contributed by atoms with van der Waals surface area (Å²) in [6.45, 7) is 5.64. The number of nitrogens with two attached hydrogens (primary N) is 1. The second-order valence-corrected chi connectivity index (χ2v) is 6.41. The van der Waals surface area contributed by atoms with Gasteiger partial charge in [0.1, 0.15) is 11.3 Å². The van der Waals surface area contributed by atoms with Gasteiger partial charge in [-0.3, -0.25) is 0 Å². The minimum atomic E-state index is 0.531. The number of hydrogen-bond donors (Lipinski definition) is 1. The minimum Gasteiger partial charge on any atom is -0.491 e. The van der Waals surface area contributed by atoms with E-state index in [1.807, 2.05) is 22.8 Å². The van der Waals surface area contributed by atoms with Crippen LogP contribution in [-0.2, 0) is 6.54 Å². The molecule has 0 amide bonds. The number of hydrogen-bond acceptors (Lipinski definition) is 4. The van der Waals surface area contributed by atoms with Gasteiger partial charge in [-0.15, -0.1) is 11.3 Å². The summed E-state index contributed by atoms with van der Waals surface area (Å²) in [6, 6.07) is 10.3. The molecule has 0 aliphatic heterocycles. The third-order valence-electron chi connectivity index (χ3n) is 3.34. The number of benzene rings is 1. The van der Waals surface area contributed by atoms with Crippen LogP contribution in [0.3, 0.4) is 0 Å². The van der Waals surface area contributed by atoms with Gasteiger partial charge in [0.2, 0.25) is 5.95 Å². The summed E-state index contributed by atoms with van der Waals surface area (Å²) in [6.07, 6.45) is 0.973. The molecule has 5 heteroatoms. The largest absolute Gasteiger partial charge is 0.491 e. The molecule has 0 fully saturated rings. The van der Waals surface area contributed by atoms with Gasteiger partial charge in [0.25, 0.3) is 0 Å². The Bertz CT molecular complexity index is 760. The van der Waals surface area contributed by atoms with E-state index < -0.39 is 0 Å². The quantitative estimate of drug-likeness (QED) is 0.779. The van der Waals surface area contributed by atoms with Crippen molar-refractivity contribution in [3.63, 3.8) is 0 Å². The maximum atomic E-state index is 6.11. The number of anilines is 1. The van der Waals surface area contributed by atoms with Crippen LogP contribution in [0.25, 0.3) is 11.0 Å². The monoisotopic (exact) mass is 301 g/mol. The first kappa shape index (κ1) is 13.9. The summed E-state index contributed by atoms with van der Waals surface area (Å²) in [5.41, 5.74) is 7.97. The van der Waals surface area contributed by atoms with E-state index in [0.717, 1.165) is 29.7 Å². The van der Waals surface area contributed by atoms with Gasteiger partial charge in [0.15, 0.2) is 0 Å². The average Bonchev–Trinajstić information content (AvgIpc) is 3.02. The summed E-state index contributed by atoms with van der Waals surface area (Å²) < 4.78 is 7.80. The first-order valence-electron chi connectivity index (χ1n) is 7.12. The van der Waals surface area contributed by atoms with E-state index in [4.69, 9.17) is 10.5 Å². The normalized spacial score (nSPS) is 11.1.